The second kappa shape index (κ2) is 15.0. The molecule has 0 fully saturated rings. The third-order valence-electron chi connectivity index (χ3n) is 2.31. The molecule has 0 aliphatic rings. The van der Waals surface area contributed by atoms with E-state index in [1.165, 1.54) is 37.6 Å². The predicted octanol–water partition coefficient (Wildman–Crippen LogP) is 3.65. The molecular formula is C14H20N6O4S3. The Bertz CT molecular complexity index is 590. The van der Waals surface area contributed by atoms with Crippen LogP contribution in [0.2, 0.25) is 0 Å². The molecule has 0 rings (SSSR count). The van der Waals surface area contributed by atoms with Crippen LogP contribution in [-0.4, -0.2) is 56.5 Å². The highest BCUT2D eigenvalue weighted by atomic mass is 32.2. The molecule has 0 spiro atoms. The van der Waals surface area contributed by atoms with Crippen LogP contribution in [0.5, 0.6) is 0 Å². The maximum absolute atomic E-state index is 11.8. The highest BCUT2D eigenvalue weighted by Gasteiger charge is 2.19. The molecule has 10 nitrogen and oxygen atoms in total. The van der Waals surface area contributed by atoms with E-state index >= 15 is 0 Å². The Labute approximate surface area is 171 Å². The van der Waals surface area contributed by atoms with Gasteiger partial charge in [-0.3, -0.25) is 9.68 Å². The number of rotatable bonds is 8. The Morgan fingerprint density at radius 3 is 1.59 bits per heavy atom. The van der Waals surface area contributed by atoms with Gasteiger partial charge in [0.05, 0.1) is 24.3 Å². The molecular weight excluding hydrogens is 412 g/mol. The SMILES string of the molecule is CC(=NOC(=O)N(C)SN(C)C(=O)ON=C(C)SCCC#N)SCCC#N. The van der Waals surface area contributed by atoms with Gasteiger partial charge in [0.2, 0.25) is 0 Å². The van der Waals surface area contributed by atoms with Gasteiger partial charge in [-0.05, 0) is 13.8 Å². The molecule has 13 heteroatoms. The maximum atomic E-state index is 11.8. The number of thioether (sulfide) groups is 2. The minimum absolute atomic E-state index is 0.368. The first kappa shape index (κ1) is 24.9. The van der Waals surface area contributed by atoms with Crippen LogP contribution in [0.1, 0.15) is 26.7 Å². The Hall–Kier alpha value is -2.09. The lowest BCUT2D eigenvalue weighted by molar-refractivity contribution is 0.131. The predicted molar refractivity (Wildman–Crippen MR) is 108 cm³/mol. The van der Waals surface area contributed by atoms with E-state index < -0.39 is 12.2 Å². The van der Waals surface area contributed by atoms with Crippen molar-refractivity contribution in [1.29, 1.82) is 10.5 Å². The number of nitrogens with zero attached hydrogens (tertiary/aromatic N) is 6. The van der Waals surface area contributed by atoms with Gasteiger partial charge in [0.15, 0.2) is 0 Å². The summed E-state index contributed by atoms with van der Waals surface area (Å²) in [4.78, 5) is 33.1. The van der Waals surface area contributed by atoms with Gasteiger partial charge in [0.25, 0.3) is 0 Å². The van der Waals surface area contributed by atoms with Gasteiger partial charge in [-0.25, -0.2) is 18.2 Å². The van der Waals surface area contributed by atoms with E-state index in [2.05, 4.69) is 10.3 Å². The molecule has 27 heavy (non-hydrogen) atoms. The average molecular weight is 433 g/mol. The Morgan fingerprint density at radius 2 is 1.26 bits per heavy atom. The van der Waals surface area contributed by atoms with E-state index in [9.17, 15) is 9.59 Å². The van der Waals surface area contributed by atoms with Crippen LogP contribution >= 0.6 is 35.7 Å². The van der Waals surface area contributed by atoms with Gasteiger partial charge in [-0.15, -0.1) is 23.5 Å². The van der Waals surface area contributed by atoms with E-state index in [-0.39, 0.29) is 0 Å². The average Bonchev–Trinajstić information content (AvgIpc) is 2.64. The Balaban J connectivity index is 4.32. The number of carbonyl (C=O) groups excluding carboxylic acids is 2. The molecule has 0 aromatic rings. The molecule has 0 aliphatic carbocycles. The normalized spacial score (nSPS) is 11.2. The van der Waals surface area contributed by atoms with Crippen LogP contribution in [0.3, 0.4) is 0 Å². The minimum atomic E-state index is -0.786. The zero-order valence-corrected chi connectivity index (χ0v) is 17.8. The van der Waals surface area contributed by atoms with E-state index in [0.29, 0.717) is 34.4 Å². The molecule has 0 aromatic carbocycles. The van der Waals surface area contributed by atoms with Crippen LogP contribution in [0.25, 0.3) is 0 Å². The van der Waals surface area contributed by atoms with E-state index in [4.69, 9.17) is 20.2 Å². The Morgan fingerprint density at radius 1 is 0.889 bits per heavy atom. The lowest BCUT2D eigenvalue weighted by Crippen LogP contribution is -2.28. The number of nitriles is 2. The molecule has 2 amide bonds. The van der Waals surface area contributed by atoms with Crippen molar-refractivity contribution in [3.05, 3.63) is 0 Å². The first-order valence-corrected chi connectivity index (χ1v) is 10.2. The van der Waals surface area contributed by atoms with Crippen molar-refractivity contribution in [3.8, 4) is 12.1 Å². The van der Waals surface area contributed by atoms with Gasteiger partial charge in [0.1, 0.15) is 10.1 Å². The standard InChI is InChI=1S/C14H20N6O4S3/c1-11(25-9-5-7-15)17-23-13(21)19(3)27-20(4)14(22)24-18-12(2)26-10-6-8-16/h5-6,9-10H2,1-4H3. The lowest BCUT2D eigenvalue weighted by Gasteiger charge is -2.19. The number of hydrogen-bond acceptors (Lipinski definition) is 11. The monoisotopic (exact) mass is 432 g/mol. The fraction of sp³-hybridized carbons (Fsp3) is 0.571. The lowest BCUT2D eigenvalue weighted by atomic mass is 10.6. The van der Waals surface area contributed by atoms with Gasteiger partial charge >= 0.3 is 12.2 Å². The molecule has 0 heterocycles. The maximum Gasteiger partial charge on any atom is 0.447 e. The fourth-order valence-corrected chi connectivity index (χ4v) is 2.84. The quantitative estimate of drug-likeness (QED) is 0.141. The molecule has 148 valence electrons. The minimum Gasteiger partial charge on any atom is -0.296 e. The van der Waals surface area contributed by atoms with Crippen molar-refractivity contribution < 1.29 is 19.3 Å². The number of amides is 2. The van der Waals surface area contributed by atoms with Crippen LogP contribution in [0.15, 0.2) is 10.3 Å². The summed E-state index contributed by atoms with van der Waals surface area (Å²) in [5.41, 5.74) is 0. The van der Waals surface area contributed by atoms with Gasteiger partial charge in [-0.2, -0.15) is 10.5 Å². The Kier molecular flexibility index (Phi) is 13.9. The summed E-state index contributed by atoms with van der Waals surface area (Å²) in [5.74, 6) is 1.11. The molecule has 0 saturated heterocycles. The van der Waals surface area contributed by atoms with Crippen molar-refractivity contribution in [3.63, 3.8) is 0 Å². The molecule has 0 aromatic heterocycles. The van der Waals surface area contributed by atoms with Crippen molar-refractivity contribution in [2.75, 3.05) is 25.6 Å². The smallest absolute Gasteiger partial charge is 0.296 e. The largest absolute Gasteiger partial charge is 0.447 e. The summed E-state index contributed by atoms with van der Waals surface area (Å²) in [6.07, 6.45) is -0.835. The molecule has 0 aliphatic heterocycles. The molecule has 0 saturated carbocycles. The van der Waals surface area contributed by atoms with Crippen molar-refractivity contribution in [2.45, 2.75) is 26.7 Å². The molecule has 0 bridgehead atoms. The summed E-state index contributed by atoms with van der Waals surface area (Å²) >= 11 is 3.33. The van der Waals surface area contributed by atoms with Crippen molar-refractivity contribution in [2.24, 2.45) is 10.3 Å². The fourth-order valence-electron chi connectivity index (χ4n) is 1.11. The van der Waals surface area contributed by atoms with Gasteiger partial charge in [-0.1, -0.05) is 10.3 Å². The van der Waals surface area contributed by atoms with E-state index in [0.717, 1.165) is 20.7 Å². The van der Waals surface area contributed by atoms with Crippen molar-refractivity contribution in [1.82, 2.24) is 8.61 Å². The van der Waals surface area contributed by atoms with Crippen LogP contribution in [0.4, 0.5) is 9.59 Å². The van der Waals surface area contributed by atoms with Crippen LogP contribution < -0.4 is 0 Å². The first-order chi connectivity index (χ1) is 12.8. The van der Waals surface area contributed by atoms with E-state index in [1.54, 1.807) is 13.8 Å². The topological polar surface area (TPSA) is 131 Å². The summed E-state index contributed by atoms with van der Waals surface area (Å²) in [7, 11) is 2.80. The third-order valence-corrected chi connectivity index (χ3v) is 4.90. The van der Waals surface area contributed by atoms with Crippen LogP contribution in [-0.2, 0) is 9.68 Å². The summed E-state index contributed by atoms with van der Waals surface area (Å²) in [6, 6.07) is 4.00. The van der Waals surface area contributed by atoms with Gasteiger partial charge in [0, 0.05) is 38.4 Å². The highest BCUT2D eigenvalue weighted by molar-refractivity contribution is 8.14. The zero-order valence-electron chi connectivity index (χ0n) is 15.4. The summed E-state index contributed by atoms with van der Waals surface area (Å²) in [5, 5.41) is 25.2. The molecule has 0 radical (unpaired) electrons. The number of oxime groups is 2. The molecule has 0 unspecified atom stereocenters. The molecule has 0 atom stereocenters. The van der Waals surface area contributed by atoms with Crippen molar-refractivity contribution >= 4 is 57.9 Å². The highest BCUT2D eigenvalue weighted by Crippen LogP contribution is 2.16. The zero-order chi connectivity index (χ0) is 20.7. The number of hydrogen-bond donors (Lipinski definition) is 0. The third kappa shape index (κ3) is 12.8. The van der Waals surface area contributed by atoms with E-state index in [1.807, 2.05) is 12.1 Å². The van der Waals surface area contributed by atoms with Crippen LogP contribution in [0, 0.1) is 22.7 Å². The second-order valence-corrected chi connectivity index (χ2v) is 8.36. The second-order valence-electron chi connectivity index (χ2n) is 4.52. The number of carbonyl (C=O) groups is 2. The van der Waals surface area contributed by atoms with Gasteiger partial charge < -0.3 is 0 Å². The summed E-state index contributed by atoms with van der Waals surface area (Å²) in [6.45, 7) is 3.31. The summed E-state index contributed by atoms with van der Waals surface area (Å²) < 4.78 is 2.10. The first-order valence-electron chi connectivity index (χ1n) is 7.48. The molecule has 0 N–H and O–H groups in total.